The van der Waals surface area contributed by atoms with E-state index in [-0.39, 0.29) is 30.5 Å². The summed E-state index contributed by atoms with van der Waals surface area (Å²) >= 11 is 0. The lowest BCUT2D eigenvalue weighted by atomic mass is 10.1. The van der Waals surface area contributed by atoms with E-state index < -0.39 is 5.82 Å². The molecule has 0 spiro atoms. The van der Waals surface area contributed by atoms with Gasteiger partial charge in [-0.05, 0) is 60.9 Å². The lowest BCUT2D eigenvalue weighted by Gasteiger charge is -2.17. The minimum Gasteiger partial charge on any atom is -0.376 e. The standard InChI is InChI=1S/C26H27FN4O2/c27-23-13-10-21(17-24(23)30-25(32)16-19-6-2-1-3-7-19)28-18-26(33)29-20-8-11-22(12-9-20)31-14-4-5-15-31/h1-3,6-13,17,28H,4-5,14-16,18H2,(H,29,33)(H,30,32). The van der Waals surface area contributed by atoms with Crippen molar-refractivity contribution in [2.45, 2.75) is 19.3 Å². The van der Waals surface area contributed by atoms with Gasteiger partial charge in [0.15, 0.2) is 0 Å². The summed E-state index contributed by atoms with van der Waals surface area (Å²) in [6.07, 6.45) is 2.58. The Bertz CT molecular complexity index is 1100. The highest BCUT2D eigenvalue weighted by Gasteiger charge is 2.13. The molecule has 0 unspecified atom stereocenters. The van der Waals surface area contributed by atoms with Gasteiger partial charge < -0.3 is 20.9 Å². The molecule has 3 aromatic rings. The summed E-state index contributed by atoms with van der Waals surface area (Å²) in [6, 6.07) is 21.3. The molecule has 7 heteroatoms. The summed E-state index contributed by atoms with van der Waals surface area (Å²) < 4.78 is 14.2. The molecule has 1 aliphatic heterocycles. The summed E-state index contributed by atoms with van der Waals surface area (Å²) in [6.45, 7) is 2.15. The van der Waals surface area contributed by atoms with Crippen LogP contribution in [0.2, 0.25) is 0 Å². The van der Waals surface area contributed by atoms with Gasteiger partial charge in [0.05, 0.1) is 18.7 Å². The van der Waals surface area contributed by atoms with Gasteiger partial charge in [-0.25, -0.2) is 4.39 Å². The van der Waals surface area contributed by atoms with Gasteiger partial charge in [0, 0.05) is 30.2 Å². The molecule has 3 aromatic carbocycles. The fourth-order valence-corrected chi connectivity index (χ4v) is 3.83. The van der Waals surface area contributed by atoms with Crippen LogP contribution in [-0.2, 0) is 16.0 Å². The van der Waals surface area contributed by atoms with Crippen molar-refractivity contribution in [2.24, 2.45) is 0 Å². The van der Waals surface area contributed by atoms with E-state index in [1.54, 1.807) is 0 Å². The Balaban J connectivity index is 1.29. The average molecular weight is 447 g/mol. The maximum atomic E-state index is 14.2. The van der Waals surface area contributed by atoms with Crippen LogP contribution in [0.4, 0.5) is 27.1 Å². The van der Waals surface area contributed by atoms with Gasteiger partial charge in [0.1, 0.15) is 5.82 Å². The van der Waals surface area contributed by atoms with Gasteiger partial charge in [-0.15, -0.1) is 0 Å². The van der Waals surface area contributed by atoms with Crippen LogP contribution in [-0.4, -0.2) is 31.4 Å². The van der Waals surface area contributed by atoms with E-state index in [0.717, 1.165) is 30.0 Å². The first-order valence-corrected chi connectivity index (χ1v) is 11.1. The lowest BCUT2D eigenvalue weighted by molar-refractivity contribution is -0.116. The van der Waals surface area contributed by atoms with Gasteiger partial charge in [0.2, 0.25) is 11.8 Å². The maximum absolute atomic E-state index is 14.2. The van der Waals surface area contributed by atoms with E-state index in [2.05, 4.69) is 20.9 Å². The molecule has 0 saturated carbocycles. The van der Waals surface area contributed by atoms with Crippen molar-refractivity contribution in [3.05, 3.63) is 84.2 Å². The summed E-state index contributed by atoms with van der Waals surface area (Å²) in [5.74, 6) is -1.07. The smallest absolute Gasteiger partial charge is 0.243 e. The largest absolute Gasteiger partial charge is 0.376 e. The number of carbonyl (C=O) groups excluding carboxylic acids is 2. The Kier molecular flexibility index (Phi) is 7.19. The topological polar surface area (TPSA) is 73.5 Å². The number of halogens is 1. The molecule has 1 heterocycles. The minimum absolute atomic E-state index is 0.0108. The first-order chi connectivity index (χ1) is 16.1. The van der Waals surface area contributed by atoms with Crippen LogP contribution >= 0.6 is 0 Å². The van der Waals surface area contributed by atoms with Gasteiger partial charge in [-0.1, -0.05) is 30.3 Å². The molecule has 2 amide bonds. The number of rotatable bonds is 8. The SMILES string of the molecule is O=C(CNc1ccc(F)c(NC(=O)Cc2ccccc2)c1)Nc1ccc(N2CCCC2)cc1. The van der Waals surface area contributed by atoms with Crippen molar-refractivity contribution in [1.82, 2.24) is 0 Å². The molecule has 0 bridgehead atoms. The van der Waals surface area contributed by atoms with Crippen molar-refractivity contribution in [3.8, 4) is 0 Å². The Morgan fingerprint density at radius 1 is 0.818 bits per heavy atom. The van der Waals surface area contributed by atoms with Crippen LogP contribution in [0.15, 0.2) is 72.8 Å². The maximum Gasteiger partial charge on any atom is 0.243 e. The van der Waals surface area contributed by atoms with Gasteiger partial charge in [-0.3, -0.25) is 9.59 Å². The summed E-state index contributed by atoms with van der Waals surface area (Å²) in [7, 11) is 0. The highest BCUT2D eigenvalue weighted by Crippen LogP contribution is 2.22. The fourth-order valence-electron chi connectivity index (χ4n) is 3.83. The van der Waals surface area contributed by atoms with E-state index in [1.165, 1.54) is 31.0 Å². The molecule has 6 nitrogen and oxygen atoms in total. The molecule has 1 aliphatic rings. The predicted octanol–water partition coefficient (Wildman–Crippen LogP) is 4.66. The Morgan fingerprint density at radius 3 is 2.24 bits per heavy atom. The van der Waals surface area contributed by atoms with Gasteiger partial charge in [0.25, 0.3) is 0 Å². The normalized spacial score (nSPS) is 12.9. The van der Waals surface area contributed by atoms with E-state index in [9.17, 15) is 14.0 Å². The van der Waals surface area contributed by atoms with Crippen LogP contribution in [0, 0.1) is 5.82 Å². The van der Waals surface area contributed by atoms with E-state index >= 15 is 0 Å². The highest BCUT2D eigenvalue weighted by atomic mass is 19.1. The molecule has 170 valence electrons. The van der Waals surface area contributed by atoms with Crippen molar-refractivity contribution in [1.29, 1.82) is 0 Å². The van der Waals surface area contributed by atoms with Crippen molar-refractivity contribution < 1.29 is 14.0 Å². The summed E-state index contributed by atoms with van der Waals surface area (Å²) in [4.78, 5) is 26.9. The summed E-state index contributed by atoms with van der Waals surface area (Å²) in [5.41, 5.74) is 3.33. The first kappa shape index (κ1) is 22.3. The number of carbonyl (C=O) groups is 2. The van der Waals surface area contributed by atoms with Crippen molar-refractivity contribution in [3.63, 3.8) is 0 Å². The van der Waals surface area contributed by atoms with Crippen molar-refractivity contribution >= 4 is 34.6 Å². The minimum atomic E-state index is -0.537. The predicted molar refractivity (Wildman–Crippen MR) is 130 cm³/mol. The number of hydrogen-bond donors (Lipinski definition) is 3. The number of amides is 2. The Morgan fingerprint density at radius 2 is 1.52 bits per heavy atom. The third kappa shape index (κ3) is 6.32. The van der Waals surface area contributed by atoms with Crippen LogP contribution in [0.5, 0.6) is 0 Å². The van der Waals surface area contributed by atoms with Crippen LogP contribution in [0.25, 0.3) is 0 Å². The third-order valence-electron chi connectivity index (χ3n) is 5.52. The second-order valence-electron chi connectivity index (χ2n) is 8.05. The molecule has 4 rings (SSSR count). The second-order valence-corrected chi connectivity index (χ2v) is 8.05. The van der Waals surface area contributed by atoms with E-state index in [1.807, 2.05) is 54.6 Å². The Hall–Kier alpha value is -3.87. The van der Waals surface area contributed by atoms with Crippen LogP contribution < -0.4 is 20.9 Å². The quantitative estimate of drug-likeness (QED) is 0.471. The van der Waals surface area contributed by atoms with Crippen LogP contribution in [0.1, 0.15) is 18.4 Å². The highest BCUT2D eigenvalue weighted by molar-refractivity contribution is 5.95. The molecule has 3 N–H and O–H groups in total. The average Bonchev–Trinajstić information content (AvgIpc) is 3.36. The monoisotopic (exact) mass is 446 g/mol. The molecular formula is C26H27FN4O2. The zero-order chi connectivity index (χ0) is 23.0. The number of nitrogens with one attached hydrogen (secondary N) is 3. The zero-order valence-corrected chi connectivity index (χ0v) is 18.3. The third-order valence-corrected chi connectivity index (χ3v) is 5.52. The number of benzene rings is 3. The summed E-state index contributed by atoms with van der Waals surface area (Å²) in [5, 5.41) is 8.42. The number of anilines is 4. The Labute approximate surface area is 192 Å². The van der Waals surface area contributed by atoms with Crippen LogP contribution in [0.3, 0.4) is 0 Å². The van der Waals surface area contributed by atoms with Gasteiger partial charge in [-0.2, -0.15) is 0 Å². The molecule has 0 radical (unpaired) electrons. The number of nitrogens with zero attached hydrogens (tertiary/aromatic N) is 1. The van der Waals surface area contributed by atoms with E-state index in [4.69, 9.17) is 0 Å². The molecule has 1 fully saturated rings. The molecular weight excluding hydrogens is 419 g/mol. The fraction of sp³-hybridized carbons (Fsp3) is 0.231. The lowest BCUT2D eigenvalue weighted by Crippen LogP contribution is -2.22. The van der Waals surface area contributed by atoms with E-state index in [0.29, 0.717) is 5.69 Å². The molecule has 33 heavy (non-hydrogen) atoms. The molecule has 1 saturated heterocycles. The zero-order valence-electron chi connectivity index (χ0n) is 18.3. The first-order valence-electron chi connectivity index (χ1n) is 11.1. The second kappa shape index (κ2) is 10.6. The van der Waals surface area contributed by atoms with Crippen molar-refractivity contribution in [2.75, 3.05) is 40.5 Å². The van der Waals surface area contributed by atoms with Gasteiger partial charge >= 0.3 is 0 Å². The molecule has 0 aromatic heterocycles. The number of hydrogen-bond acceptors (Lipinski definition) is 4. The molecule has 0 aliphatic carbocycles. The molecule has 0 atom stereocenters.